The summed E-state index contributed by atoms with van der Waals surface area (Å²) in [7, 11) is 1.72. The van der Waals surface area contributed by atoms with Gasteiger partial charge in [-0.05, 0) is 44.0 Å². The SMILES string of the molecule is COc1ccccc1[C@H]1CCN(CCCCN2C(=O)Cc3sc4nccnc4c3NC2=O)C1. The number of carbonyl (C=O) groups excluding carboxylic acids is 2. The number of unbranched alkanes of at least 4 members (excludes halogenated alkanes) is 1. The molecule has 8 nitrogen and oxygen atoms in total. The maximum atomic E-state index is 12.8. The maximum absolute atomic E-state index is 12.8. The number of rotatable bonds is 7. The zero-order chi connectivity index (χ0) is 22.8. The highest BCUT2D eigenvalue weighted by Crippen LogP contribution is 2.36. The van der Waals surface area contributed by atoms with Crippen molar-refractivity contribution in [2.24, 2.45) is 0 Å². The molecule has 1 fully saturated rings. The fourth-order valence-corrected chi connectivity index (χ4v) is 5.81. The first kappa shape index (κ1) is 21.8. The minimum absolute atomic E-state index is 0.171. The van der Waals surface area contributed by atoms with Gasteiger partial charge >= 0.3 is 6.03 Å². The van der Waals surface area contributed by atoms with Crippen molar-refractivity contribution in [3.8, 4) is 5.75 Å². The molecule has 3 aromatic rings. The van der Waals surface area contributed by atoms with E-state index in [0.717, 1.165) is 54.4 Å². The van der Waals surface area contributed by atoms with E-state index in [-0.39, 0.29) is 18.4 Å². The monoisotopic (exact) mass is 465 g/mol. The van der Waals surface area contributed by atoms with Crippen LogP contribution in [0.15, 0.2) is 36.7 Å². The number of aromatic nitrogens is 2. The maximum Gasteiger partial charge on any atom is 0.328 e. The van der Waals surface area contributed by atoms with Gasteiger partial charge in [0.05, 0.1) is 19.2 Å². The number of urea groups is 1. The van der Waals surface area contributed by atoms with Crippen molar-refractivity contribution in [2.75, 3.05) is 38.6 Å². The number of hydrogen-bond donors (Lipinski definition) is 1. The number of carbonyl (C=O) groups is 2. The third kappa shape index (κ3) is 4.43. The zero-order valence-corrected chi connectivity index (χ0v) is 19.4. The van der Waals surface area contributed by atoms with E-state index >= 15 is 0 Å². The lowest BCUT2D eigenvalue weighted by Crippen LogP contribution is -2.39. The number of para-hydroxylation sites is 1. The predicted molar refractivity (Wildman–Crippen MR) is 128 cm³/mol. The van der Waals surface area contributed by atoms with Crippen LogP contribution in [-0.2, 0) is 11.2 Å². The molecule has 0 unspecified atom stereocenters. The minimum Gasteiger partial charge on any atom is -0.496 e. The molecule has 2 aliphatic heterocycles. The summed E-state index contributed by atoms with van der Waals surface area (Å²) < 4.78 is 5.53. The number of fused-ring (bicyclic) bond motifs is 3. The first-order chi connectivity index (χ1) is 16.1. The fourth-order valence-electron chi connectivity index (χ4n) is 4.77. The third-order valence-electron chi connectivity index (χ3n) is 6.45. The highest BCUT2D eigenvalue weighted by molar-refractivity contribution is 7.19. The van der Waals surface area contributed by atoms with Gasteiger partial charge in [0.25, 0.3) is 0 Å². The van der Waals surface area contributed by atoms with Crippen molar-refractivity contribution in [1.82, 2.24) is 19.8 Å². The summed E-state index contributed by atoms with van der Waals surface area (Å²) in [6.45, 7) is 3.45. The number of imide groups is 1. The van der Waals surface area contributed by atoms with Crippen LogP contribution >= 0.6 is 11.3 Å². The number of thiophene rings is 1. The van der Waals surface area contributed by atoms with E-state index in [9.17, 15) is 9.59 Å². The van der Waals surface area contributed by atoms with Crippen molar-refractivity contribution in [3.05, 3.63) is 47.1 Å². The van der Waals surface area contributed by atoms with Gasteiger partial charge in [0.2, 0.25) is 5.91 Å². The molecule has 5 rings (SSSR count). The van der Waals surface area contributed by atoms with E-state index in [1.54, 1.807) is 19.5 Å². The van der Waals surface area contributed by atoms with Gasteiger partial charge in [-0.25, -0.2) is 14.8 Å². The molecule has 0 aliphatic carbocycles. The van der Waals surface area contributed by atoms with Crippen molar-refractivity contribution in [2.45, 2.75) is 31.6 Å². The van der Waals surface area contributed by atoms with Gasteiger partial charge in [0, 0.05) is 36.3 Å². The van der Waals surface area contributed by atoms with Crippen molar-refractivity contribution < 1.29 is 14.3 Å². The Morgan fingerprint density at radius 3 is 2.85 bits per heavy atom. The molecule has 1 aromatic carbocycles. The van der Waals surface area contributed by atoms with Crippen LogP contribution in [0, 0.1) is 0 Å². The largest absolute Gasteiger partial charge is 0.496 e. The molecule has 0 spiro atoms. The van der Waals surface area contributed by atoms with Crippen molar-refractivity contribution in [1.29, 1.82) is 0 Å². The Bertz CT molecular complexity index is 1180. The first-order valence-electron chi connectivity index (χ1n) is 11.3. The number of likely N-dealkylation sites (tertiary alicyclic amines) is 1. The van der Waals surface area contributed by atoms with Crippen LogP contribution in [-0.4, -0.2) is 65.0 Å². The quantitative estimate of drug-likeness (QED) is 0.533. The average molecular weight is 466 g/mol. The predicted octanol–water partition coefficient (Wildman–Crippen LogP) is 3.89. The smallest absolute Gasteiger partial charge is 0.328 e. The fraction of sp³-hybridized carbons (Fsp3) is 0.417. The summed E-state index contributed by atoms with van der Waals surface area (Å²) >= 11 is 1.42. The van der Waals surface area contributed by atoms with Crippen LogP contribution in [0.25, 0.3) is 10.3 Å². The van der Waals surface area contributed by atoms with Gasteiger partial charge in [-0.3, -0.25) is 9.69 Å². The van der Waals surface area contributed by atoms with Gasteiger partial charge in [-0.15, -0.1) is 11.3 Å². The summed E-state index contributed by atoms with van der Waals surface area (Å²) in [5.74, 6) is 1.27. The minimum atomic E-state index is -0.374. The molecule has 0 bridgehead atoms. The van der Waals surface area contributed by atoms with E-state index in [4.69, 9.17) is 4.74 Å². The number of anilines is 1. The Labute approximate surface area is 196 Å². The number of benzene rings is 1. The summed E-state index contributed by atoms with van der Waals surface area (Å²) in [6, 6.07) is 7.88. The first-order valence-corrected chi connectivity index (χ1v) is 12.1. The number of methoxy groups -OCH3 is 1. The Hall–Kier alpha value is -3.04. The normalized spacial score (nSPS) is 18.9. The lowest BCUT2D eigenvalue weighted by atomic mass is 9.97. The third-order valence-corrected chi connectivity index (χ3v) is 7.53. The summed E-state index contributed by atoms with van der Waals surface area (Å²) in [5.41, 5.74) is 2.56. The zero-order valence-electron chi connectivity index (χ0n) is 18.6. The van der Waals surface area contributed by atoms with Crippen molar-refractivity contribution >= 4 is 39.3 Å². The average Bonchev–Trinajstić information content (AvgIpc) is 3.41. The molecule has 33 heavy (non-hydrogen) atoms. The molecule has 1 atom stereocenters. The van der Waals surface area contributed by atoms with Gasteiger partial charge in [-0.1, -0.05) is 18.2 Å². The molecule has 1 N–H and O–H groups in total. The molecule has 3 amide bonds. The lowest BCUT2D eigenvalue weighted by Gasteiger charge is -2.20. The molecular formula is C24H27N5O3S. The molecular weight excluding hydrogens is 438 g/mol. The van der Waals surface area contributed by atoms with E-state index in [2.05, 4.69) is 32.3 Å². The van der Waals surface area contributed by atoms with Gasteiger partial charge < -0.3 is 15.0 Å². The summed E-state index contributed by atoms with van der Waals surface area (Å²) in [6.07, 6.45) is 6.25. The Balaban J connectivity index is 1.13. The van der Waals surface area contributed by atoms with E-state index < -0.39 is 0 Å². The molecule has 0 radical (unpaired) electrons. The molecule has 2 aromatic heterocycles. The summed E-state index contributed by atoms with van der Waals surface area (Å²) in [5, 5.41) is 2.89. The lowest BCUT2D eigenvalue weighted by molar-refractivity contribution is -0.127. The Kier molecular flexibility index (Phi) is 6.24. The Morgan fingerprint density at radius 1 is 1.15 bits per heavy atom. The van der Waals surface area contributed by atoms with Crippen LogP contribution in [0.4, 0.5) is 10.5 Å². The van der Waals surface area contributed by atoms with E-state index in [0.29, 0.717) is 23.7 Å². The molecule has 2 aliphatic rings. The van der Waals surface area contributed by atoms with Crippen LogP contribution in [0.1, 0.15) is 35.6 Å². The Morgan fingerprint density at radius 2 is 1.97 bits per heavy atom. The van der Waals surface area contributed by atoms with E-state index in [1.165, 1.54) is 21.8 Å². The number of ether oxygens (including phenoxy) is 1. The van der Waals surface area contributed by atoms with Gasteiger partial charge in [0.1, 0.15) is 16.1 Å². The topological polar surface area (TPSA) is 87.7 Å². The summed E-state index contributed by atoms with van der Waals surface area (Å²) in [4.78, 5) is 39.5. The number of nitrogens with zero attached hydrogens (tertiary/aromatic N) is 4. The van der Waals surface area contributed by atoms with Crippen LogP contribution in [0.3, 0.4) is 0 Å². The molecule has 0 saturated carbocycles. The molecule has 172 valence electrons. The highest BCUT2D eigenvalue weighted by atomic mass is 32.1. The van der Waals surface area contributed by atoms with Gasteiger partial charge in [-0.2, -0.15) is 0 Å². The van der Waals surface area contributed by atoms with Crippen LogP contribution < -0.4 is 10.1 Å². The molecule has 1 saturated heterocycles. The second-order valence-electron chi connectivity index (χ2n) is 8.50. The number of hydrogen-bond acceptors (Lipinski definition) is 7. The van der Waals surface area contributed by atoms with Crippen molar-refractivity contribution in [3.63, 3.8) is 0 Å². The van der Waals surface area contributed by atoms with Gasteiger partial charge in [0.15, 0.2) is 0 Å². The van der Waals surface area contributed by atoms with Crippen LogP contribution in [0.5, 0.6) is 5.75 Å². The second-order valence-corrected chi connectivity index (χ2v) is 9.58. The second kappa shape index (κ2) is 9.44. The van der Waals surface area contributed by atoms with E-state index in [1.807, 2.05) is 12.1 Å². The molecule has 9 heteroatoms. The van der Waals surface area contributed by atoms with Crippen LogP contribution in [0.2, 0.25) is 0 Å². The standard InChI is InChI=1S/C24H27N5O3S/c1-32-18-7-3-2-6-17(18)16-8-13-28(15-16)11-4-5-12-29-20(30)14-19-21(27-24(29)31)22-23(33-19)26-10-9-25-22/h2-3,6-7,9-10,16H,4-5,8,11-15H2,1H3,(H,27,31)/t16-/m0/s1. The highest BCUT2D eigenvalue weighted by Gasteiger charge is 2.30. The molecule has 4 heterocycles. The number of nitrogens with one attached hydrogen (secondary N) is 1. The number of amides is 3.